The van der Waals surface area contributed by atoms with Gasteiger partial charge in [0.1, 0.15) is 0 Å². The molecule has 0 saturated carbocycles. The lowest BCUT2D eigenvalue weighted by Crippen LogP contribution is -2.38. The fourth-order valence-corrected chi connectivity index (χ4v) is 1.88. The number of carbonyl (C=O) groups is 1. The Hall–Kier alpha value is -1.57. The number of alkyl halides is 3. The molecule has 1 N–H and O–H groups in total. The maximum atomic E-state index is 12.7. The van der Waals surface area contributed by atoms with E-state index in [1.165, 1.54) is 6.20 Å². The zero-order valence-electron chi connectivity index (χ0n) is 9.28. The van der Waals surface area contributed by atoms with Crippen molar-refractivity contribution >= 4 is 5.97 Å². The molecular formula is C10H11F3N2O3. The van der Waals surface area contributed by atoms with E-state index in [1.807, 2.05) is 0 Å². The molecule has 2 heterocycles. The molecule has 0 bridgehead atoms. The number of rotatable bonds is 1. The lowest BCUT2D eigenvalue weighted by Gasteiger charge is -2.25. The van der Waals surface area contributed by atoms with Crippen molar-refractivity contribution in [2.75, 3.05) is 6.61 Å². The van der Waals surface area contributed by atoms with Crippen molar-refractivity contribution in [1.82, 2.24) is 9.55 Å². The lowest BCUT2D eigenvalue weighted by molar-refractivity contribution is -0.225. The monoisotopic (exact) mass is 264 g/mol. The number of hydrogen-bond donors (Lipinski definition) is 1. The molecule has 0 spiro atoms. The van der Waals surface area contributed by atoms with E-state index in [2.05, 4.69) is 4.98 Å². The second-order valence-electron chi connectivity index (χ2n) is 3.99. The largest absolute Gasteiger partial charge is 0.475 e. The van der Waals surface area contributed by atoms with Gasteiger partial charge in [0.2, 0.25) is 5.82 Å². The molecule has 1 aromatic rings. The summed E-state index contributed by atoms with van der Waals surface area (Å²) in [6.45, 7) is -0.571. The van der Waals surface area contributed by atoms with Crippen LogP contribution in [-0.4, -0.2) is 39.5 Å². The zero-order valence-corrected chi connectivity index (χ0v) is 9.28. The smallest absolute Gasteiger partial charge is 0.416 e. The molecule has 1 aliphatic rings. The van der Waals surface area contributed by atoms with Crippen LogP contribution in [0.5, 0.6) is 0 Å². The van der Waals surface area contributed by atoms with Gasteiger partial charge in [-0.15, -0.1) is 0 Å². The van der Waals surface area contributed by atoms with Gasteiger partial charge in [-0.2, -0.15) is 13.2 Å². The molecule has 1 unspecified atom stereocenters. The molecule has 1 atom stereocenters. The zero-order chi connectivity index (χ0) is 13.3. The highest BCUT2D eigenvalue weighted by Gasteiger charge is 2.42. The average molecular weight is 264 g/mol. The Labute approximate surface area is 100 Å². The van der Waals surface area contributed by atoms with Gasteiger partial charge in [0.05, 0.1) is 6.54 Å². The Morgan fingerprint density at radius 1 is 1.56 bits per heavy atom. The quantitative estimate of drug-likeness (QED) is 0.834. The van der Waals surface area contributed by atoms with E-state index >= 15 is 0 Å². The highest BCUT2D eigenvalue weighted by atomic mass is 19.4. The van der Waals surface area contributed by atoms with E-state index in [9.17, 15) is 18.0 Å². The summed E-state index contributed by atoms with van der Waals surface area (Å²) >= 11 is 0. The first kappa shape index (κ1) is 12.9. The number of carboxylic acids is 1. The van der Waals surface area contributed by atoms with Gasteiger partial charge in [-0.1, -0.05) is 0 Å². The average Bonchev–Trinajstić information content (AvgIpc) is 2.57. The minimum absolute atomic E-state index is 0.00222. The topological polar surface area (TPSA) is 64.3 Å². The van der Waals surface area contributed by atoms with Crippen LogP contribution in [0.2, 0.25) is 0 Å². The molecule has 1 aliphatic heterocycles. The van der Waals surface area contributed by atoms with E-state index in [-0.39, 0.29) is 12.4 Å². The molecule has 0 amide bonds. The normalized spacial score (nSPS) is 20.9. The van der Waals surface area contributed by atoms with Crippen molar-refractivity contribution in [3.8, 4) is 0 Å². The van der Waals surface area contributed by atoms with E-state index in [1.54, 1.807) is 0 Å². The van der Waals surface area contributed by atoms with E-state index in [4.69, 9.17) is 9.84 Å². The highest BCUT2D eigenvalue weighted by Crippen LogP contribution is 2.27. The summed E-state index contributed by atoms with van der Waals surface area (Å²) in [5.74, 6) is -1.73. The number of aromatic carboxylic acids is 1. The van der Waals surface area contributed by atoms with Crippen LogP contribution in [0.4, 0.5) is 13.2 Å². The number of halogens is 3. The highest BCUT2D eigenvalue weighted by molar-refractivity contribution is 5.83. The molecule has 0 saturated heterocycles. The summed E-state index contributed by atoms with van der Waals surface area (Å²) in [6, 6.07) is 0. The molecule has 8 heteroatoms. The predicted molar refractivity (Wildman–Crippen MR) is 53.3 cm³/mol. The minimum atomic E-state index is -4.52. The summed E-state index contributed by atoms with van der Waals surface area (Å²) in [5, 5.41) is 8.88. The Morgan fingerprint density at radius 3 is 2.89 bits per heavy atom. The van der Waals surface area contributed by atoms with Crippen molar-refractivity contribution in [2.45, 2.75) is 31.7 Å². The van der Waals surface area contributed by atoms with Gasteiger partial charge in [-0.05, 0) is 12.8 Å². The first-order valence-electron chi connectivity index (χ1n) is 5.35. The summed E-state index contributed by atoms with van der Waals surface area (Å²) in [4.78, 5) is 14.5. The van der Waals surface area contributed by atoms with Crippen LogP contribution in [0.25, 0.3) is 0 Å². The molecule has 2 rings (SSSR count). The second-order valence-corrected chi connectivity index (χ2v) is 3.99. The van der Waals surface area contributed by atoms with E-state index in [0.717, 1.165) is 4.57 Å². The number of hydrogen-bond acceptors (Lipinski definition) is 3. The first-order chi connectivity index (χ1) is 8.39. The predicted octanol–water partition coefficient (Wildman–Crippen LogP) is 1.47. The third-order valence-corrected chi connectivity index (χ3v) is 2.74. The number of fused-ring (bicyclic) bond motifs is 1. The number of ether oxygens (including phenoxy) is 1. The number of aromatic nitrogens is 2. The van der Waals surface area contributed by atoms with Gasteiger partial charge in [-0.3, -0.25) is 0 Å². The third-order valence-electron chi connectivity index (χ3n) is 2.74. The molecular weight excluding hydrogens is 253 g/mol. The van der Waals surface area contributed by atoms with Crippen molar-refractivity contribution in [3.05, 3.63) is 17.7 Å². The number of aryl methyl sites for hydroxylation is 1. The van der Waals surface area contributed by atoms with Crippen LogP contribution >= 0.6 is 0 Å². The van der Waals surface area contributed by atoms with Crippen molar-refractivity contribution in [3.63, 3.8) is 0 Å². The van der Waals surface area contributed by atoms with Crippen molar-refractivity contribution < 1.29 is 27.8 Å². The van der Waals surface area contributed by atoms with Crippen LogP contribution in [0.3, 0.4) is 0 Å². The van der Waals surface area contributed by atoms with Gasteiger partial charge in [0.15, 0.2) is 6.10 Å². The summed E-state index contributed by atoms with van der Waals surface area (Å²) < 4.78 is 43.9. The molecule has 100 valence electrons. The summed E-state index contributed by atoms with van der Waals surface area (Å²) in [5.41, 5.74) is 0.491. The van der Waals surface area contributed by atoms with Crippen LogP contribution in [0.1, 0.15) is 22.7 Å². The minimum Gasteiger partial charge on any atom is -0.475 e. The second kappa shape index (κ2) is 4.60. The SMILES string of the molecule is O=C(O)c1ncc2n1CC(C(F)(F)F)OCCC2. The first-order valence-corrected chi connectivity index (χ1v) is 5.35. The van der Waals surface area contributed by atoms with Gasteiger partial charge in [0.25, 0.3) is 0 Å². The Bertz CT molecular complexity index is 456. The molecule has 1 aromatic heterocycles. The maximum Gasteiger partial charge on any atom is 0.416 e. The molecule has 0 fully saturated rings. The van der Waals surface area contributed by atoms with Crippen LogP contribution in [0.15, 0.2) is 6.20 Å². The van der Waals surface area contributed by atoms with E-state index in [0.29, 0.717) is 18.5 Å². The number of imidazole rings is 1. The standard InChI is InChI=1S/C10H11F3N2O3/c11-10(12,13)7-5-15-6(2-1-3-18-7)4-14-8(15)9(16)17/h4,7H,1-3,5H2,(H,16,17). The van der Waals surface area contributed by atoms with Gasteiger partial charge >= 0.3 is 12.1 Å². The Morgan fingerprint density at radius 2 is 2.28 bits per heavy atom. The van der Waals surface area contributed by atoms with Crippen LogP contribution in [0, 0.1) is 0 Å². The fraction of sp³-hybridized carbons (Fsp3) is 0.600. The van der Waals surface area contributed by atoms with Crippen LogP contribution < -0.4 is 0 Å². The van der Waals surface area contributed by atoms with Gasteiger partial charge in [-0.25, -0.2) is 9.78 Å². The Kier molecular flexibility index (Phi) is 3.29. The lowest BCUT2D eigenvalue weighted by atomic mass is 10.2. The van der Waals surface area contributed by atoms with Gasteiger partial charge < -0.3 is 14.4 Å². The summed E-state index contributed by atoms with van der Waals surface area (Å²) in [6.07, 6.45) is -4.36. The van der Waals surface area contributed by atoms with Crippen LogP contribution in [-0.2, 0) is 17.7 Å². The summed E-state index contributed by atoms with van der Waals surface area (Å²) in [7, 11) is 0. The molecule has 0 aromatic carbocycles. The maximum absolute atomic E-state index is 12.7. The van der Waals surface area contributed by atoms with Crippen molar-refractivity contribution in [2.24, 2.45) is 0 Å². The van der Waals surface area contributed by atoms with E-state index < -0.39 is 24.8 Å². The number of carboxylic acid groups (broad SMARTS) is 1. The molecule has 0 aliphatic carbocycles. The fourth-order valence-electron chi connectivity index (χ4n) is 1.88. The third kappa shape index (κ3) is 2.47. The molecule has 5 nitrogen and oxygen atoms in total. The molecule has 0 radical (unpaired) electrons. The molecule has 18 heavy (non-hydrogen) atoms. The Balaban J connectivity index is 2.36. The number of nitrogens with zero attached hydrogens (tertiary/aromatic N) is 2. The van der Waals surface area contributed by atoms with Crippen molar-refractivity contribution in [1.29, 1.82) is 0 Å². The van der Waals surface area contributed by atoms with Gasteiger partial charge in [0, 0.05) is 18.5 Å².